The monoisotopic (exact) mass is 289 g/mol. The molecule has 1 heterocycles. The molecule has 4 nitrogen and oxygen atoms in total. The molecule has 2 unspecified atom stereocenters. The zero-order valence-electron chi connectivity index (χ0n) is 11.4. The van der Waals surface area contributed by atoms with Gasteiger partial charge in [0.05, 0.1) is 24.3 Å². The number of carbonyl (C=O) groups is 1. The van der Waals surface area contributed by atoms with Crippen LogP contribution in [0.25, 0.3) is 10.8 Å². The molecule has 0 bridgehead atoms. The lowest BCUT2D eigenvalue weighted by atomic mass is 10.0. The number of amides is 1. The van der Waals surface area contributed by atoms with Crippen LogP contribution in [0, 0.1) is 5.82 Å². The van der Waals surface area contributed by atoms with Crippen molar-refractivity contribution in [2.24, 2.45) is 0 Å². The van der Waals surface area contributed by atoms with Gasteiger partial charge >= 0.3 is 0 Å². The van der Waals surface area contributed by atoms with Gasteiger partial charge in [-0.3, -0.25) is 4.79 Å². The quantitative estimate of drug-likeness (QED) is 0.887. The van der Waals surface area contributed by atoms with Crippen LogP contribution in [0.2, 0.25) is 0 Å². The summed E-state index contributed by atoms with van der Waals surface area (Å²) in [5, 5.41) is 13.6. The Balaban J connectivity index is 1.86. The number of aliphatic hydroxyl groups excluding tert-OH is 1. The molecule has 0 spiro atoms. The molecule has 1 amide bonds. The third-order valence-corrected chi connectivity index (χ3v) is 3.75. The number of halogens is 1. The first kappa shape index (κ1) is 14.0. The minimum absolute atomic E-state index is 0.00704. The molecule has 0 radical (unpaired) electrons. The van der Waals surface area contributed by atoms with E-state index >= 15 is 0 Å². The minimum atomic E-state index is -0.758. The van der Waals surface area contributed by atoms with Gasteiger partial charge in [0, 0.05) is 12.0 Å². The second-order valence-corrected chi connectivity index (χ2v) is 5.16. The van der Waals surface area contributed by atoms with Gasteiger partial charge < -0.3 is 15.2 Å². The van der Waals surface area contributed by atoms with Crippen LogP contribution in [0.1, 0.15) is 16.8 Å². The zero-order valence-corrected chi connectivity index (χ0v) is 11.4. The standard InChI is InChI=1S/C16H16FNO3/c17-15-11-4-2-1-3-10(11)5-6-12(15)16(20)18-13-7-8-21-9-14(13)19/h1-6,13-14,19H,7-9H2,(H,18,20). The first-order valence-corrected chi connectivity index (χ1v) is 6.91. The Labute approximate surface area is 121 Å². The Bertz CT molecular complexity index is 674. The lowest BCUT2D eigenvalue weighted by Gasteiger charge is -2.28. The molecule has 3 rings (SSSR count). The number of hydrogen-bond acceptors (Lipinski definition) is 3. The van der Waals surface area contributed by atoms with Crippen molar-refractivity contribution in [2.75, 3.05) is 13.2 Å². The highest BCUT2D eigenvalue weighted by molar-refractivity contribution is 5.99. The van der Waals surface area contributed by atoms with Crippen LogP contribution in [0.3, 0.4) is 0 Å². The van der Waals surface area contributed by atoms with E-state index in [-0.39, 0.29) is 12.2 Å². The van der Waals surface area contributed by atoms with Crippen molar-refractivity contribution in [2.45, 2.75) is 18.6 Å². The zero-order chi connectivity index (χ0) is 14.8. The summed E-state index contributed by atoms with van der Waals surface area (Å²) in [5.41, 5.74) is -0.00704. The van der Waals surface area contributed by atoms with Crippen LogP contribution in [-0.4, -0.2) is 36.4 Å². The fourth-order valence-electron chi connectivity index (χ4n) is 2.55. The molecule has 1 aliphatic heterocycles. The molecule has 0 saturated carbocycles. The van der Waals surface area contributed by atoms with Crippen molar-refractivity contribution in [3.05, 3.63) is 47.8 Å². The van der Waals surface area contributed by atoms with Crippen LogP contribution >= 0.6 is 0 Å². The second kappa shape index (κ2) is 5.79. The highest BCUT2D eigenvalue weighted by Gasteiger charge is 2.26. The molecule has 2 aromatic rings. The van der Waals surface area contributed by atoms with E-state index in [0.29, 0.717) is 18.4 Å². The fourth-order valence-corrected chi connectivity index (χ4v) is 2.55. The molecule has 1 saturated heterocycles. The Morgan fingerprint density at radius 2 is 2.10 bits per heavy atom. The molecule has 21 heavy (non-hydrogen) atoms. The molecule has 110 valence electrons. The number of aliphatic hydroxyl groups is 1. The molecule has 5 heteroatoms. The molecule has 2 aromatic carbocycles. The molecule has 2 N–H and O–H groups in total. The third kappa shape index (κ3) is 2.75. The van der Waals surface area contributed by atoms with E-state index in [9.17, 15) is 14.3 Å². The van der Waals surface area contributed by atoms with Crippen molar-refractivity contribution in [1.29, 1.82) is 0 Å². The predicted molar refractivity (Wildman–Crippen MR) is 76.6 cm³/mol. The Morgan fingerprint density at radius 1 is 1.29 bits per heavy atom. The summed E-state index contributed by atoms with van der Waals surface area (Å²) in [6.07, 6.45) is -0.242. The van der Waals surface area contributed by atoms with Crippen molar-refractivity contribution in [3.8, 4) is 0 Å². The van der Waals surface area contributed by atoms with Crippen molar-refractivity contribution >= 4 is 16.7 Å². The van der Waals surface area contributed by atoms with Crippen LogP contribution in [0.4, 0.5) is 4.39 Å². The van der Waals surface area contributed by atoms with E-state index in [1.165, 1.54) is 6.07 Å². The molecular formula is C16H16FNO3. The number of carbonyl (C=O) groups excluding carboxylic acids is 1. The van der Waals surface area contributed by atoms with E-state index in [2.05, 4.69) is 5.32 Å². The first-order valence-electron chi connectivity index (χ1n) is 6.91. The van der Waals surface area contributed by atoms with Gasteiger partial charge in [0.25, 0.3) is 5.91 Å². The lowest BCUT2D eigenvalue weighted by Crippen LogP contribution is -2.48. The number of benzene rings is 2. The van der Waals surface area contributed by atoms with Gasteiger partial charge in [0.2, 0.25) is 0 Å². The van der Waals surface area contributed by atoms with Gasteiger partial charge in [0.1, 0.15) is 5.82 Å². The summed E-state index contributed by atoms with van der Waals surface area (Å²) >= 11 is 0. The van der Waals surface area contributed by atoms with Gasteiger partial charge in [-0.2, -0.15) is 0 Å². The van der Waals surface area contributed by atoms with Gasteiger partial charge in [-0.25, -0.2) is 4.39 Å². The van der Waals surface area contributed by atoms with Gasteiger partial charge in [-0.1, -0.05) is 30.3 Å². The Morgan fingerprint density at radius 3 is 2.90 bits per heavy atom. The highest BCUT2D eigenvalue weighted by Crippen LogP contribution is 2.21. The van der Waals surface area contributed by atoms with Crippen molar-refractivity contribution < 1.29 is 19.0 Å². The predicted octanol–water partition coefficient (Wildman–Crippen LogP) is 1.86. The molecule has 0 aromatic heterocycles. The third-order valence-electron chi connectivity index (χ3n) is 3.75. The van der Waals surface area contributed by atoms with E-state index in [4.69, 9.17) is 4.74 Å². The van der Waals surface area contributed by atoms with E-state index in [0.717, 1.165) is 5.39 Å². The Hall–Kier alpha value is -1.98. The summed E-state index contributed by atoms with van der Waals surface area (Å²) in [6, 6.07) is 9.77. The number of rotatable bonds is 2. The summed E-state index contributed by atoms with van der Waals surface area (Å²) in [6.45, 7) is 0.660. The fraction of sp³-hybridized carbons (Fsp3) is 0.312. The number of ether oxygens (including phenoxy) is 1. The van der Waals surface area contributed by atoms with Gasteiger partial charge in [-0.05, 0) is 17.9 Å². The molecule has 0 aliphatic carbocycles. The molecule has 1 aliphatic rings. The van der Waals surface area contributed by atoms with E-state index < -0.39 is 23.9 Å². The summed E-state index contributed by atoms with van der Waals surface area (Å²) in [7, 11) is 0. The molecule has 1 fully saturated rings. The van der Waals surface area contributed by atoms with E-state index in [1.807, 2.05) is 6.07 Å². The summed E-state index contributed by atoms with van der Waals surface area (Å²) in [5.74, 6) is -1.05. The van der Waals surface area contributed by atoms with Gasteiger partial charge in [0.15, 0.2) is 0 Å². The largest absolute Gasteiger partial charge is 0.389 e. The highest BCUT2D eigenvalue weighted by atomic mass is 19.1. The molecule has 2 atom stereocenters. The van der Waals surface area contributed by atoms with Crippen LogP contribution in [-0.2, 0) is 4.74 Å². The average Bonchev–Trinajstić information content (AvgIpc) is 2.50. The smallest absolute Gasteiger partial charge is 0.254 e. The summed E-state index contributed by atoms with van der Waals surface area (Å²) in [4.78, 5) is 12.2. The minimum Gasteiger partial charge on any atom is -0.389 e. The van der Waals surface area contributed by atoms with Crippen molar-refractivity contribution in [3.63, 3.8) is 0 Å². The van der Waals surface area contributed by atoms with Crippen molar-refractivity contribution in [1.82, 2.24) is 5.32 Å². The van der Waals surface area contributed by atoms with E-state index in [1.54, 1.807) is 24.3 Å². The maximum atomic E-state index is 14.4. The number of hydrogen-bond donors (Lipinski definition) is 2. The van der Waals surface area contributed by atoms with Gasteiger partial charge in [-0.15, -0.1) is 0 Å². The maximum absolute atomic E-state index is 14.4. The van der Waals surface area contributed by atoms with Crippen LogP contribution in [0.15, 0.2) is 36.4 Å². The summed E-state index contributed by atoms with van der Waals surface area (Å²) < 4.78 is 19.5. The number of nitrogens with one attached hydrogen (secondary N) is 1. The second-order valence-electron chi connectivity index (χ2n) is 5.16. The Kier molecular flexibility index (Phi) is 3.86. The number of fused-ring (bicyclic) bond motifs is 1. The SMILES string of the molecule is O=C(NC1CCOCC1O)c1ccc2ccccc2c1F. The average molecular weight is 289 g/mol. The van der Waals surface area contributed by atoms with Crippen LogP contribution < -0.4 is 5.32 Å². The van der Waals surface area contributed by atoms with Crippen LogP contribution in [0.5, 0.6) is 0 Å². The topological polar surface area (TPSA) is 58.6 Å². The normalized spacial score (nSPS) is 22.2. The first-order chi connectivity index (χ1) is 10.2. The molecular weight excluding hydrogens is 273 g/mol. The lowest BCUT2D eigenvalue weighted by molar-refractivity contribution is -0.0261. The maximum Gasteiger partial charge on any atom is 0.254 e.